The summed E-state index contributed by atoms with van der Waals surface area (Å²) in [7, 11) is 1.28. The summed E-state index contributed by atoms with van der Waals surface area (Å²) in [5.74, 6) is -1.03. The number of amides is 2. The predicted molar refractivity (Wildman–Crippen MR) is 86.0 cm³/mol. The molecule has 0 radical (unpaired) electrons. The van der Waals surface area contributed by atoms with Crippen molar-refractivity contribution in [3.05, 3.63) is 29.8 Å². The Morgan fingerprint density at radius 1 is 1.17 bits per heavy atom. The molecule has 1 fully saturated rings. The predicted octanol–water partition coefficient (Wildman–Crippen LogP) is 2.06. The maximum absolute atomic E-state index is 12.6. The van der Waals surface area contributed by atoms with E-state index >= 15 is 0 Å². The van der Waals surface area contributed by atoms with Crippen molar-refractivity contribution in [2.75, 3.05) is 25.5 Å². The molecule has 0 atom stereocenters. The molecule has 1 aliphatic carbocycles. The summed E-state index contributed by atoms with van der Waals surface area (Å²) in [4.78, 5) is 38.6. The molecule has 1 aromatic carbocycles. The molecule has 1 aromatic rings. The van der Waals surface area contributed by atoms with E-state index in [0.717, 1.165) is 0 Å². The first kappa shape index (κ1) is 17.0. The zero-order valence-corrected chi connectivity index (χ0v) is 13.7. The maximum Gasteiger partial charge on any atom is 0.339 e. The van der Waals surface area contributed by atoms with Crippen molar-refractivity contribution >= 4 is 23.5 Å². The van der Waals surface area contributed by atoms with E-state index in [1.807, 2.05) is 13.8 Å². The summed E-state index contributed by atoms with van der Waals surface area (Å²) >= 11 is 0. The van der Waals surface area contributed by atoms with Crippen LogP contribution in [-0.4, -0.2) is 42.9 Å². The molecule has 2 rings (SSSR count). The Morgan fingerprint density at radius 3 is 2.30 bits per heavy atom. The minimum absolute atomic E-state index is 0.143. The van der Waals surface area contributed by atoms with E-state index in [-0.39, 0.29) is 17.4 Å². The monoisotopic (exact) mass is 318 g/mol. The fourth-order valence-corrected chi connectivity index (χ4v) is 2.60. The number of anilines is 1. The quantitative estimate of drug-likeness (QED) is 0.643. The molecular formula is C17H22N2O4. The lowest BCUT2D eigenvalue weighted by molar-refractivity contribution is -0.141. The normalized spacial score (nSPS) is 14.7. The van der Waals surface area contributed by atoms with Crippen LogP contribution >= 0.6 is 0 Å². The maximum atomic E-state index is 12.6. The van der Waals surface area contributed by atoms with Gasteiger partial charge >= 0.3 is 5.97 Å². The van der Waals surface area contributed by atoms with E-state index < -0.39 is 11.4 Å². The van der Waals surface area contributed by atoms with E-state index in [9.17, 15) is 14.4 Å². The Balaban J connectivity index is 2.20. The second-order valence-corrected chi connectivity index (χ2v) is 5.55. The van der Waals surface area contributed by atoms with E-state index in [2.05, 4.69) is 5.32 Å². The van der Waals surface area contributed by atoms with Gasteiger partial charge in [0.1, 0.15) is 5.41 Å². The first-order valence-electron chi connectivity index (χ1n) is 7.78. The van der Waals surface area contributed by atoms with Crippen LogP contribution in [0.25, 0.3) is 0 Å². The van der Waals surface area contributed by atoms with Gasteiger partial charge in [0.05, 0.1) is 18.4 Å². The van der Waals surface area contributed by atoms with Crippen molar-refractivity contribution in [2.45, 2.75) is 26.7 Å². The first-order valence-corrected chi connectivity index (χ1v) is 7.78. The Kier molecular flexibility index (Phi) is 5.03. The van der Waals surface area contributed by atoms with Gasteiger partial charge in [0.2, 0.25) is 11.8 Å². The summed E-state index contributed by atoms with van der Waals surface area (Å²) in [5.41, 5.74) is -0.354. The van der Waals surface area contributed by atoms with Gasteiger partial charge in [0, 0.05) is 13.1 Å². The van der Waals surface area contributed by atoms with Gasteiger partial charge in [-0.2, -0.15) is 0 Å². The van der Waals surface area contributed by atoms with Crippen LogP contribution in [0.15, 0.2) is 24.3 Å². The molecule has 0 aliphatic heterocycles. The Bertz CT molecular complexity index is 619. The molecule has 0 heterocycles. The summed E-state index contributed by atoms with van der Waals surface area (Å²) in [6, 6.07) is 6.61. The highest BCUT2D eigenvalue weighted by atomic mass is 16.5. The second kappa shape index (κ2) is 6.81. The fraction of sp³-hybridized carbons (Fsp3) is 0.471. The molecule has 1 N–H and O–H groups in total. The van der Waals surface area contributed by atoms with Gasteiger partial charge in [-0.25, -0.2) is 4.79 Å². The largest absolute Gasteiger partial charge is 0.465 e. The van der Waals surface area contributed by atoms with Gasteiger partial charge < -0.3 is 15.0 Å². The lowest BCUT2D eigenvalue weighted by atomic mass is 10.0. The lowest BCUT2D eigenvalue weighted by Gasteiger charge is -2.24. The fourth-order valence-electron chi connectivity index (χ4n) is 2.60. The second-order valence-electron chi connectivity index (χ2n) is 5.55. The van der Waals surface area contributed by atoms with Crippen LogP contribution in [0.2, 0.25) is 0 Å². The van der Waals surface area contributed by atoms with E-state index in [0.29, 0.717) is 31.6 Å². The number of nitrogens with zero attached hydrogens (tertiary/aromatic N) is 1. The van der Waals surface area contributed by atoms with Gasteiger partial charge in [-0.3, -0.25) is 9.59 Å². The zero-order valence-electron chi connectivity index (χ0n) is 13.7. The van der Waals surface area contributed by atoms with Crippen LogP contribution in [0.4, 0.5) is 5.69 Å². The minimum atomic E-state index is -0.991. The number of rotatable bonds is 6. The van der Waals surface area contributed by atoms with Crippen molar-refractivity contribution in [3.8, 4) is 0 Å². The standard InChI is InChI=1S/C17H22N2O4/c1-4-19(5-2)16(22)17(10-11-17)15(21)18-13-9-7-6-8-12(13)14(20)23-3/h6-9H,4-5,10-11H2,1-3H3,(H,18,21). The van der Waals surface area contributed by atoms with Crippen LogP contribution in [0, 0.1) is 5.41 Å². The molecule has 124 valence electrons. The number of hydrogen-bond acceptors (Lipinski definition) is 4. The number of benzene rings is 1. The molecule has 0 saturated heterocycles. The Labute approximate surface area is 135 Å². The smallest absolute Gasteiger partial charge is 0.339 e. The lowest BCUT2D eigenvalue weighted by Crippen LogP contribution is -2.43. The molecule has 0 spiro atoms. The topological polar surface area (TPSA) is 75.7 Å². The highest BCUT2D eigenvalue weighted by Gasteiger charge is 2.57. The third kappa shape index (κ3) is 3.21. The number of esters is 1. The molecule has 1 aliphatic rings. The number of nitrogens with one attached hydrogen (secondary N) is 1. The number of carbonyl (C=O) groups excluding carboxylic acids is 3. The average molecular weight is 318 g/mol. The van der Waals surface area contributed by atoms with E-state index in [4.69, 9.17) is 4.74 Å². The molecule has 23 heavy (non-hydrogen) atoms. The third-order valence-electron chi connectivity index (χ3n) is 4.23. The number of para-hydroxylation sites is 1. The molecule has 0 unspecified atom stereocenters. The first-order chi connectivity index (χ1) is 11.0. The van der Waals surface area contributed by atoms with Crippen LogP contribution in [-0.2, 0) is 14.3 Å². The SMILES string of the molecule is CCN(CC)C(=O)C1(C(=O)Nc2ccccc2C(=O)OC)CC1. The van der Waals surface area contributed by atoms with Gasteiger partial charge in [-0.1, -0.05) is 12.1 Å². The number of ether oxygens (including phenoxy) is 1. The van der Waals surface area contributed by atoms with Gasteiger partial charge in [0.15, 0.2) is 0 Å². The summed E-state index contributed by atoms with van der Waals surface area (Å²) in [5, 5.41) is 2.73. The van der Waals surface area contributed by atoms with Crippen LogP contribution < -0.4 is 5.32 Å². The van der Waals surface area contributed by atoms with Crippen molar-refractivity contribution < 1.29 is 19.1 Å². The Morgan fingerprint density at radius 2 is 1.78 bits per heavy atom. The minimum Gasteiger partial charge on any atom is -0.465 e. The highest BCUT2D eigenvalue weighted by molar-refractivity contribution is 6.14. The highest BCUT2D eigenvalue weighted by Crippen LogP contribution is 2.48. The Hall–Kier alpha value is -2.37. The van der Waals surface area contributed by atoms with Crippen molar-refractivity contribution in [1.29, 1.82) is 0 Å². The molecule has 0 aromatic heterocycles. The van der Waals surface area contributed by atoms with Gasteiger partial charge in [-0.15, -0.1) is 0 Å². The number of hydrogen-bond donors (Lipinski definition) is 1. The van der Waals surface area contributed by atoms with Crippen molar-refractivity contribution in [3.63, 3.8) is 0 Å². The molecule has 2 amide bonds. The molecule has 6 heteroatoms. The van der Waals surface area contributed by atoms with E-state index in [1.54, 1.807) is 29.2 Å². The molecule has 0 bridgehead atoms. The molecular weight excluding hydrogens is 296 g/mol. The summed E-state index contributed by atoms with van der Waals surface area (Å²) in [6.07, 6.45) is 1.07. The molecule has 1 saturated carbocycles. The zero-order chi connectivity index (χ0) is 17.0. The third-order valence-corrected chi connectivity index (χ3v) is 4.23. The number of carbonyl (C=O) groups is 3. The average Bonchev–Trinajstić information content (AvgIpc) is 3.37. The van der Waals surface area contributed by atoms with Crippen LogP contribution in [0.1, 0.15) is 37.0 Å². The van der Waals surface area contributed by atoms with E-state index in [1.165, 1.54) is 7.11 Å². The van der Waals surface area contributed by atoms with Gasteiger partial charge in [-0.05, 0) is 38.8 Å². The van der Waals surface area contributed by atoms with Crippen LogP contribution in [0.3, 0.4) is 0 Å². The van der Waals surface area contributed by atoms with Crippen molar-refractivity contribution in [1.82, 2.24) is 4.90 Å². The van der Waals surface area contributed by atoms with Crippen molar-refractivity contribution in [2.24, 2.45) is 5.41 Å². The molecule has 6 nitrogen and oxygen atoms in total. The number of methoxy groups -OCH3 is 1. The van der Waals surface area contributed by atoms with Gasteiger partial charge in [0.25, 0.3) is 0 Å². The summed E-state index contributed by atoms with van der Waals surface area (Å²) < 4.78 is 4.71. The summed E-state index contributed by atoms with van der Waals surface area (Å²) in [6.45, 7) is 4.93. The van der Waals surface area contributed by atoms with Crippen LogP contribution in [0.5, 0.6) is 0 Å².